The molecule has 1 aliphatic rings. The number of aliphatic hydroxyl groups is 2. The van der Waals surface area contributed by atoms with Gasteiger partial charge in [0.25, 0.3) is 0 Å². The van der Waals surface area contributed by atoms with E-state index in [4.69, 9.17) is 9.47 Å². The van der Waals surface area contributed by atoms with Crippen LogP contribution in [0.3, 0.4) is 0 Å². The first-order valence-electron chi connectivity index (χ1n) is 4.28. The van der Waals surface area contributed by atoms with Crippen LogP contribution in [0.25, 0.3) is 0 Å². The molecule has 4 atom stereocenters. The average molecular weight is 176 g/mol. The number of hydrogen-bond donors (Lipinski definition) is 2. The van der Waals surface area contributed by atoms with Gasteiger partial charge in [-0.25, -0.2) is 0 Å². The van der Waals surface area contributed by atoms with Crippen molar-refractivity contribution in [2.75, 3.05) is 6.61 Å². The highest BCUT2D eigenvalue weighted by Crippen LogP contribution is 2.20. The Bertz CT molecular complexity index is 127. The highest BCUT2D eigenvalue weighted by atomic mass is 16.7. The fourth-order valence-corrected chi connectivity index (χ4v) is 1.32. The van der Waals surface area contributed by atoms with Crippen molar-refractivity contribution in [3.05, 3.63) is 0 Å². The van der Waals surface area contributed by atoms with Gasteiger partial charge in [-0.2, -0.15) is 0 Å². The maximum absolute atomic E-state index is 9.34. The summed E-state index contributed by atoms with van der Waals surface area (Å²) >= 11 is 0. The number of aliphatic hydroxyl groups excluding tert-OH is 2. The lowest BCUT2D eigenvalue weighted by Crippen LogP contribution is -2.47. The predicted molar refractivity (Wildman–Crippen MR) is 42.6 cm³/mol. The van der Waals surface area contributed by atoms with Gasteiger partial charge in [0.15, 0.2) is 6.29 Å². The standard InChI is InChI=1S/C8H16O4/c1-3-11-7-4-6(9)8(10)5(2)12-7/h5-10H,3-4H2,1-2H3. The maximum atomic E-state index is 9.34. The van der Waals surface area contributed by atoms with Crippen LogP contribution in [-0.2, 0) is 9.47 Å². The molecule has 0 spiro atoms. The predicted octanol–water partition coefficient (Wildman–Crippen LogP) is -0.120. The molecule has 0 aliphatic carbocycles. The van der Waals surface area contributed by atoms with E-state index in [9.17, 15) is 10.2 Å². The van der Waals surface area contributed by atoms with Crippen LogP contribution < -0.4 is 0 Å². The molecule has 4 heteroatoms. The minimum atomic E-state index is -0.790. The second kappa shape index (κ2) is 4.18. The minimum absolute atomic E-state index is 0.347. The second-order valence-corrected chi connectivity index (χ2v) is 3.02. The van der Waals surface area contributed by atoms with E-state index in [0.29, 0.717) is 13.0 Å². The zero-order valence-corrected chi connectivity index (χ0v) is 7.43. The van der Waals surface area contributed by atoms with E-state index in [0.717, 1.165) is 0 Å². The van der Waals surface area contributed by atoms with Crippen molar-refractivity contribution in [1.82, 2.24) is 0 Å². The number of ether oxygens (including phenoxy) is 2. The largest absolute Gasteiger partial charge is 0.390 e. The van der Waals surface area contributed by atoms with Crippen molar-refractivity contribution >= 4 is 0 Å². The Balaban J connectivity index is 2.42. The summed E-state index contributed by atoms with van der Waals surface area (Å²) in [6, 6.07) is 0. The molecule has 0 amide bonds. The minimum Gasteiger partial charge on any atom is -0.390 e. The lowest BCUT2D eigenvalue weighted by atomic mass is 10.0. The quantitative estimate of drug-likeness (QED) is 0.616. The fourth-order valence-electron chi connectivity index (χ4n) is 1.32. The summed E-state index contributed by atoms with van der Waals surface area (Å²) in [5.74, 6) is 0. The molecule has 0 bridgehead atoms. The topological polar surface area (TPSA) is 58.9 Å². The van der Waals surface area contributed by atoms with Crippen LogP contribution in [0.1, 0.15) is 20.3 Å². The summed E-state index contributed by atoms with van der Waals surface area (Å²) in [5, 5.41) is 18.6. The average Bonchev–Trinajstić information content (AvgIpc) is 2.01. The fraction of sp³-hybridized carbons (Fsp3) is 1.00. The first-order valence-corrected chi connectivity index (χ1v) is 4.28. The molecule has 0 aromatic carbocycles. The molecule has 1 heterocycles. The summed E-state index contributed by atoms with van der Waals surface area (Å²) < 4.78 is 10.5. The molecule has 0 aromatic rings. The van der Waals surface area contributed by atoms with Crippen molar-refractivity contribution in [2.45, 2.75) is 44.9 Å². The third-order valence-electron chi connectivity index (χ3n) is 2.03. The first kappa shape index (κ1) is 9.92. The van der Waals surface area contributed by atoms with E-state index in [1.54, 1.807) is 6.92 Å². The van der Waals surface area contributed by atoms with E-state index >= 15 is 0 Å². The van der Waals surface area contributed by atoms with Gasteiger partial charge in [0.05, 0.1) is 12.2 Å². The van der Waals surface area contributed by atoms with Gasteiger partial charge in [-0.3, -0.25) is 0 Å². The molecular weight excluding hydrogens is 160 g/mol. The molecule has 1 aliphatic heterocycles. The summed E-state index contributed by atoms with van der Waals surface area (Å²) in [6.45, 7) is 4.14. The molecular formula is C8H16O4. The van der Waals surface area contributed by atoms with E-state index in [2.05, 4.69) is 0 Å². The molecule has 4 unspecified atom stereocenters. The van der Waals surface area contributed by atoms with E-state index in [-0.39, 0.29) is 12.4 Å². The number of rotatable bonds is 2. The molecule has 1 rings (SSSR count). The molecule has 0 aromatic heterocycles. The molecule has 1 fully saturated rings. The highest BCUT2D eigenvalue weighted by molar-refractivity contribution is 4.79. The molecule has 4 nitrogen and oxygen atoms in total. The van der Waals surface area contributed by atoms with Gasteiger partial charge < -0.3 is 19.7 Å². The Kier molecular flexibility index (Phi) is 3.46. The molecule has 72 valence electrons. The van der Waals surface area contributed by atoms with E-state index < -0.39 is 12.2 Å². The molecule has 1 saturated heterocycles. The lowest BCUT2D eigenvalue weighted by molar-refractivity contribution is -0.244. The SMILES string of the molecule is CCOC1CC(O)C(O)C(C)O1. The molecule has 0 saturated carbocycles. The van der Waals surface area contributed by atoms with Crippen molar-refractivity contribution in [1.29, 1.82) is 0 Å². The zero-order valence-electron chi connectivity index (χ0n) is 7.43. The van der Waals surface area contributed by atoms with Gasteiger partial charge >= 0.3 is 0 Å². The smallest absolute Gasteiger partial charge is 0.160 e. The van der Waals surface area contributed by atoms with Crippen LogP contribution in [0.5, 0.6) is 0 Å². The molecule has 12 heavy (non-hydrogen) atoms. The van der Waals surface area contributed by atoms with Gasteiger partial charge in [-0.15, -0.1) is 0 Å². The van der Waals surface area contributed by atoms with Crippen molar-refractivity contribution in [2.24, 2.45) is 0 Å². The monoisotopic (exact) mass is 176 g/mol. The second-order valence-electron chi connectivity index (χ2n) is 3.02. The van der Waals surface area contributed by atoms with Crippen LogP contribution in [0.2, 0.25) is 0 Å². The summed E-state index contributed by atoms with van der Waals surface area (Å²) in [7, 11) is 0. The third-order valence-corrected chi connectivity index (χ3v) is 2.03. The summed E-state index contributed by atoms with van der Waals surface area (Å²) in [6.07, 6.45) is -1.90. The molecule has 2 N–H and O–H groups in total. The van der Waals surface area contributed by atoms with Crippen LogP contribution in [-0.4, -0.2) is 41.4 Å². The Morgan fingerprint density at radius 1 is 1.50 bits per heavy atom. The van der Waals surface area contributed by atoms with Crippen molar-refractivity contribution < 1.29 is 19.7 Å². The zero-order chi connectivity index (χ0) is 9.14. The highest BCUT2D eigenvalue weighted by Gasteiger charge is 2.34. The number of hydrogen-bond acceptors (Lipinski definition) is 4. The van der Waals surface area contributed by atoms with Crippen LogP contribution in [0.15, 0.2) is 0 Å². The van der Waals surface area contributed by atoms with Crippen LogP contribution in [0.4, 0.5) is 0 Å². The Hall–Kier alpha value is -0.160. The molecule has 0 radical (unpaired) electrons. The van der Waals surface area contributed by atoms with Gasteiger partial charge in [0.1, 0.15) is 6.10 Å². The van der Waals surface area contributed by atoms with E-state index in [1.807, 2.05) is 6.92 Å². The van der Waals surface area contributed by atoms with Gasteiger partial charge in [-0.05, 0) is 13.8 Å². The van der Waals surface area contributed by atoms with Gasteiger partial charge in [0.2, 0.25) is 0 Å². The van der Waals surface area contributed by atoms with Crippen molar-refractivity contribution in [3.8, 4) is 0 Å². The van der Waals surface area contributed by atoms with Crippen LogP contribution in [0, 0.1) is 0 Å². The Morgan fingerprint density at radius 2 is 2.17 bits per heavy atom. The maximum Gasteiger partial charge on any atom is 0.160 e. The summed E-state index contributed by atoms with van der Waals surface area (Å²) in [5.41, 5.74) is 0. The lowest BCUT2D eigenvalue weighted by Gasteiger charge is -2.34. The van der Waals surface area contributed by atoms with Gasteiger partial charge in [0, 0.05) is 13.0 Å². The van der Waals surface area contributed by atoms with Crippen molar-refractivity contribution in [3.63, 3.8) is 0 Å². The summed E-state index contributed by atoms with van der Waals surface area (Å²) in [4.78, 5) is 0. The third kappa shape index (κ3) is 2.17. The normalized spacial score (nSPS) is 43.0. The van der Waals surface area contributed by atoms with E-state index in [1.165, 1.54) is 0 Å². The Labute approximate surface area is 72.1 Å². The van der Waals surface area contributed by atoms with Crippen LogP contribution >= 0.6 is 0 Å². The Morgan fingerprint density at radius 3 is 2.67 bits per heavy atom. The van der Waals surface area contributed by atoms with Gasteiger partial charge in [-0.1, -0.05) is 0 Å². The first-order chi connectivity index (χ1) is 5.65.